The van der Waals surface area contributed by atoms with Crippen molar-refractivity contribution in [3.05, 3.63) is 70.8 Å². The fraction of sp³-hybridized carbons (Fsp3) is 0.333. The molecule has 0 unspecified atom stereocenters. The van der Waals surface area contributed by atoms with Crippen LogP contribution in [-0.2, 0) is 12.0 Å². The average molecular weight is 249 g/mol. The maximum atomic E-state index is 3.93. The molecule has 0 saturated heterocycles. The van der Waals surface area contributed by atoms with E-state index in [0.29, 0.717) is 6.04 Å². The number of rotatable bonds is 2. The molecule has 96 valence electrons. The Morgan fingerprint density at radius 3 is 2.63 bits per heavy atom. The highest BCUT2D eigenvalue weighted by Crippen LogP contribution is 2.50. The third-order valence-electron chi connectivity index (χ3n) is 4.74. The minimum Gasteiger partial charge on any atom is -0.296 e. The van der Waals surface area contributed by atoms with Crippen LogP contribution in [0.5, 0.6) is 0 Å². The van der Waals surface area contributed by atoms with Gasteiger partial charge < -0.3 is 0 Å². The summed E-state index contributed by atoms with van der Waals surface area (Å²) >= 11 is 0. The zero-order valence-corrected chi connectivity index (χ0v) is 11.3. The van der Waals surface area contributed by atoms with Crippen LogP contribution < -0.4 is 5.32 Å². The summed E-state index contributed by atoms with van der Waals surface area (Å²) in [7, 11) is 0. The largest absolute Gasteiger partial charge is 0.296 e. The second-order valence-corrected chi connectivity index (χ2v) is 5.80. The summed E-state index contributed by atoms with van der Waals surface area (Å²) in [6.45, 7) is 2.28. The summed E-state index contributed by atoms with van der Waals surface area (Å²) in [4.78, 5) is 0. The van der Waals surface area contributed by atoms with Gasteiger partial charge in [-0.3, -0.25) is 5.32 Å². The maximum Gasteiger partial charge on any atom is 0.0701 e. The molecule has 2 heterocycles. The van der Waals surface area contributed by atoms with Crippen molar-refractivity contribution in [3.8, 4) is 0 Å². The van der Waals surface area contributed by atoms with Crippen LogP contribution in [0.15, 0.2) is 48.5 Å². The van der Waals surface area contributed by atoms with E-state index in [9.17, 15) is 0 Å². The molecular weight excluding hydrogens is 230 g/mol. The lowest BCUT2D eigenvalue weighted by Gasteiger charge is -2.37. The molecule has 0 radical (unpaired) electrons. The van der Waals surface area contributed by atoms with E-state index in [-0.39, 0.29) is 5.54 Å². The Morgan fingerprint density at radius 2 is 1.79 bits per heavy atom. The van der Waals surface area contributed by atoms with Gasteiger partial charge in [-0.25, -0.2) is 0 Å². The highest BCUT2D eigenvalue weighted by molar-refractivity contribution is 5.54. The summed E-state index contributed by atoms with van der Waals surface area (Å²) in [6, 6.07) is 18.4. The van der Waals surface area contributed by atoms with Crippen molar-refractivity contribution < 1.29 is 0 Å². The van der Waals surface area contributed by atoms with E-state index < -0.39 is 0 Å². The number of benzene rings is 2. The predicted octanol–water partition coefficient (Wildman–Crippen LogP) is 3.93. The van der Waals surface area contributed by atoms with Crippen LogP contribution in [0.2, 0.25) is 0 Å². The van der Waals surface area contributed by atoms with Crippen LogP contribution in [0.25, 0.3) is 0 Å². The van der Waals surface area contributed by atoms with E-state index in [1.807, 2.05) is 0 Å². The number of fused-ring (bicyclic) bond motifs is 7. The third-order valence-corrected chi connectivity index (χ3v) is 4.74. The van der Waals surface area contributed by atoms with Gasteiger partial charge in [0.15, 0.2) is 0 Å². The Balaban J connectivity index is 2.01. The highest BCUT2D eigenvalue weighted by Gasteiger charge is 2.47. The second-order valence-electron chi connectivity index (χ2n) is 5.80. The fourth-order valence-electron chi connectivity index (χ4n) is 4.08. The number of nitrogens with one attached hydrogen (secondary N) is 1. The van der Waals surface area contributed by atoms with E-state index in [2.05, 4.69) is 60.8 Å². The van der Waals surface area contributed by atoms with E-state index in [1.165, 1.54) is 35.1 Å². The summed E-state index contributed by atoms with van der Waals surface area (Å²) < 4.78 is 0. The molecule has 1 N–H and O–H groups in total. The van der Waals surface area contributed by atoms with Crippen molar-refractivity contribution in [1.82, 2.24) is 5.32 Å². The van der Waals surface area contributed by atoms with Crippen LogP contribution in [0.3, 0.4) is 0 Å². The van der Waals surface area contributed by atoms with Crippen LogP contribution in [0.4, 0.5) is 0 Å². The first kappa shape index (κ1) is 11.2. The van der Waals surface area contributed by atoms with Crippen molar-refractivity contribution in [2.24, 2.45) is 0 Å². The Bertz CT molecular complexity index is 618. The van der Waals surface area contributed by atoms with E-state index >= 15 is 0 Å². The molecular formula is C18H19N. The van der Waals surface area contributed by atoms with Gasteiger partial charge in [0.05, 0.1) is 5.54 Å². The van der Waals surface area contributed by atoms with E-state index in [0.717, 1.165) is 6.42 Å². The summed E-state index contributed by atoms with van der Waals surface area (Å²) in [6.07, 6.45) is 3.50. The van der Waals surface area contributed by atoms with E-state index in [1.54, 1.807) is 0 Å². The first-order chi connectivity index (χ1) is 9.35. The summed E-state index contributed by atoms with van der Waals surface area (Å²) in [5.41, 5.74) is 6.10. The molecule has 1 heteroatoms. The topological polar surface area (TPSA) is 12.0 Å². The van der Waals surface area contributed by atoms with Crippen LogP contribution in [-0.4, -0.2) is 0 Å². The molecule has 2 aliphatic heterocycles. The molecule has 2 aromatic carbocycles. The lowest BCUT2D eigenvalue weighted by atomic mass is 9.78. The van der Waals surface area contributed by atoms with E-state index in [4.69, 9.17) is 0 Å². The Hall–Kier alpha value is -1.60. The molecule has 2 aliphatic rings. The fourth-order valence-corrected chi connectivity index (χ4v) is 4.08. The molecule has 1 nitrogen and oxygen atoms in total. The van der Waals surface area contributed by atoms with Gasteiger partial charge in [-0.05, 0) is 35.1 Å². The number of hydrogen-bond donors (Lipinski definition) is 1. The van der Waals surface area contributed by atoms with Crippen molar-refractivity contribution in [2.75, 3.05) is 0 Å². The molecule has 0 spiro atoms. The highest BCUT2D eigenvalue weighted by atomic mass is 15.1. The van der Waals surface area contributed by atoms with Gasteiger partial charge in [-0.2, -0.15) is 0 Å². The molecule has 0 fully saturated rings. The Kier molecular flexibility index (Phi) is 2.33. The van der Waals surface area contributed by atoms with Crippen molar-refractivity contribution in [2.45, 2.75) is 37.8 Å². The molecule has 2 bridgehead atoms. The molecule has 0 aromatic heterocycles. The van der Waals surface area contributed by atoms with Gasteiger partial charge in [0.1, 0.15) is 0 Å². The quantitative estimate of drug-likeness (QED) is 0.850. The predicted molar refractivity (Wildman–Crippen MR) is 78.2 cm³/mol. The van der Waals surface area contributed by atoms with Gasteiger partial charge in [-0.1, -0.05) is 61.9 Å². The standard InChI is InChI=1S/C18H19N/c1-2-11-18-15-9-5-3-7-13(15)12-17(19-18)14-8-4-6-10-16(14)18/h3-10,17,19H,2,11-12H2,1H3/t17-,18+/m1/s1. The van der Waals surface area contributed by atoms with Crippen LogP contribution >= 0.6 is 0 Å². The van der Waals surface area contributed by atoms with Crippen LogP contribution in [0.1, 0.15) is 48.1 Å². The second kappa shape index (κ2) is 3.94. The van der Waals surface area contributed by atoms with Crippen LogP contribution in [0, 0.1) is 0 Å². The minimum atomic E-state index is 0.0604. The maximum absolute atomic E-state index is 3.93. The Morgan fingerprint density at radius 1 is 1.05 bits per heavy atom. The first-order valence-electron chi connectivity index (χ1n) is 7.30. The van der Waals surface area contributed by atoms with Crippen molar-refractivity contribution >= 4 is 0 Å². The third kappa shape index (κ3) is 1.39. The average Bonchev–Trinajstić information content (AvgIpc) is 2.71. The monoisotopic (exact) mass is 249 g/mol. The molecule has 4 rings (SSSR count). The smallest absolute Gasteiger partial charge is 0.0701 e. The molecule has 19 heavy (non-hydrogen) atoms. The van der Waals surface area contributed by atoms with Gasteiger partial charge in [0.2, 0.25) is 0 Å². The number of hydrogen-bond acceptors (Lipinski definition) is 1. The Labute approximate surface area is 114 Å². The zero-order valence-electron chi connectivity index (χ0n) is 11.3. The summed E-state index contributed by atoms with van der Waals surface area (Å²) in [5, 5.41) is 3.93. The van der Waals surface area contributed by atoms with Crippen molar-refractivity contribution in [3.63, 3.8) is 0 Å². The molecule has 0 amide bonds. The molecule has 0 aliphatic carbocycles. The SMILES string of the molecule is CCC[C@]12N[C@H](Cc3ccccc31)c1ccccc12. The lowest BCUT2D eigenvalue weighted by molar-refractivity contribution is 0.335. The van der Waals surface area contributed by atoms with Gasteiger partial charge in [0, 0.05) is 6.04 Å². The molecule has 2 atom stereocenters. The normalized spacial score (nSPS) is 26.9. The molecule has 2 aromatic rings. The van der Waals surface area contributed by atoms with Gasteiger partial charge >= 0.3 is 0 Å². The van der Waals surface area contributed by atoms with Crippen molar-refractivity contribution in [1.29, 1.82) is 0 Å². The zero-order chi connectivity index (χ0) is 12.9. The summed E-state index contributed by atoms with van der Waals surface area (Å²) in [5.74, 6) is 0. The molecule has 0 saturated carbocycles. The first-order valence-corrected chi connectivity index (χ1v) is 7.30. The van der Waals surface area contributed by atoms with Gasteiger partial charge in [-0.15, -0.1) is 0 Å². The lowest BCUT2D eigenvalue weighted by Crippen LogP contribution is -2.43. The van der Waals surface area contributed by atoms with Gasteiger partial charge in [0.25, 0.3) is 0 Å². The minimum absolute atomic E-state index is 0.0604.